The molecule has 0 fully saturated rings. The molecule has 0 unspecified atom stereocenters. The van der Waals surface area contributed by atoms with Crippen molar-refractivity contribution >= 4 is 45.9 Å². The summed E-state index contributed by atoms with van der Waals surface area (Å²) in [6.07, 6.45) is 6.68. The van der Waals surface area contributed by atoms with Crippen molar-refractivity contribution in [1.29, 1.82) is 5.26 Å². The summed E-state index contributed by atoms with van der Waals surface area (Å²) in [5, 5.41) is 21.4. The Morgan fingerprint density at radius 3 is 2.85 bits per heavy atom. The third-order valence-electron chi connectivity index (χ3n) is 4.15. The maximum Gasteiger partial charge on any atom is 0.236 e. The Labute approximate surface area is 171 Å². The van der Waals surface area contributed by atoms with Crippen molar-refractivity contribution in [2.24, 2.45) is 0 Å². The lowest BCUT2D eigenvalue weighted by Crippen LogP contribution is -2.14. The smallest absolute Gasteiger partial charge is 0.236 e. The molecule has 2 heterocycles. The quantitative estimate of drug-likeness (QED) is 0.551. The van der Waals surface area contributed by atoms with Gasteiger partial charge in [-0.25, -0.2) is 4.98 Å². The fraction of sp³-hybridized carbons (Fsp3) is 0.500. The summed E-state index contributed by atoms with van der Waals surface area (Å²) in [5.41, 5.74) is 2.83. The van der Waals surface area contributed by atoms with E-state index < -0.39 is 0 Å². The van der Waals surface area contributed by atoms with E-state index in [9.17, 15) is 10.1 Å². The van der Waals surface area contributed by atoms with Crippen molar-refractivity contribution in [3.05, 3.63) is 22.9 Å². The first kappa shape index (κ1) is 20.1. The molecule has 0 aromatic carbocycles. The molecule has 2 aromatic heterocycles. The van der Waals surface area contributed by atoms with Crippen molar-refractivity contribution in [2.75, 3.05) is 16.8 Å². The molecule has 0 saturated carbocycles. The van der Waals surface area contributed by atoms with Crippen LogP contribution in [0.5, 0.6) is 0 Å². The topological polar surface area (TPSA) is 91.6 Å². The van der Waals surface area contributed by atoms with Gasteiger partial charge in [0.25, 0.3) is 0 Å². The number of hydrogen-bond donors (Lipinski definition) is 1. The van der Waals surface area contributed by atoms with Gasteiger partial charge in [0, 0.05) is 5.69 Å². The number of nitrogens with one attached hydrogen (secondary N) is 1. The molecule has 0 radical (unpaired) electrons. The molecule has 9 heteroatoms. The predicted octanol–water partition coefficient (Wildman–Crippen LogP) is 4.31. The Morgan fingerprint density at radius 2 is 2.07 bits per heavy atom. The molecule has 1 aliphatic rings. The number of thioether (sulfide) groups is 2. The SMILES string of the molecule is CCSc1nnc(NC(=O)CSc2nc3c(cc2C#N)CCCCCC3)s1. The molecule has 3 rings (SSSR count). The van der Waals surface area contributed by atoms with E-state index in [1.54, 1.807) is 11.8 Å². The summed E-state index contributed by atoms with van der Waals surface area (Å²) in [6.45, 7) is 2.04. The average Bonchev–Trinajstić information content (AvgIpc) is 3.07. The van der Waals surface area contributed by atoms with E-state index in [0.717, 1.165) is 41.5 Å². The number of nitrogens with zero attached hydrogens (tertiary/aromatic N) is 4. The fourth-order valence-electron chi connectivity index (χ4n) is 2.89. The van der Waals surface area contributed by atoms with Crippen LogP contribution in [0.25, 0.3) is 0 Å². The zero-order valence-electron chi connectivity index (χ0n) is 15.2. The first-order valence-electron chi connectivity index (χ1n) is 9.01. The lowest BCUT2D eigenvalue weighted by Gasteiger charge is -2.15. The zero-order chi connectivity index (χ0) is 19.1. The van der Waals surface area contributed by atoms with E-state index >= 15 is 0 Å². The second kappa shape index (κ2) is 10.1. The van der Waals surface area contributed by atoms with Crippen LogP contribution in [0.1, 0.15) is 49.4 Å². The fourth-order valence-corrected chi connectivity index (χ4v) is 5.33. The van der Waals surface area contributed by atoms with Crippen LogP contribution in [0.15, 0.2) is 15.4 Å². The standard InChI is InChI=1S/C18H21N5OS3/c1-2-25-18-23-22-17(27-18)21-15(24)11-26-16-13(10-19)9-12-7-5-3-4-6-8-14(12)20-16/h9H,2-8,11H2,1H3,(H,21,22,24). The molecular weight excluding hydrogens is 398 g/mol. The number of anilines is 1. The summed E-state index contributed by atoms with van der Waals surface area (Å²) in [6, 6.07) is 4.20. The third kappa shape index (κ3) is 5.67. The van der Waals surface area contributed by atoms with Gasteiger partial charge in [-0.05, 0) is 43.1 Å². The highest BCUT2D eigenvalue weighted by Gasteiger charge is 2.16. The lowest BCUT2D eigenvalue weighted by atomic mass is 9.96. The summed E-state index contributed by atoms with van der Waals surface area (Å²) in [7, 11) is 0. The van der Waals surface area contributed by atoms with Gasteiger partial charge in [0.2, 0.25) is 11.0 Å². The van der Waals surface area contributed by atoms with Crippen LogP contribution < -0.4 is 5.32 Å². The van der Waals surface area contributed by atoms with E-state index in [2.05, 4.69) is 21.6 Å². The van der Waals surface area contributed by atoms with Gasteiger partial charge in [-0.15, -0.1) is 10.2 Å². The van der Waals surface area contributed by atoms with Gasteiger partial charge in [-0.1, -0.05) is 54.6 Å². The van der Waals surface area contributed by atoms with E-state index in [1.807, 2.05) is 13.0 Å². The molecule has 142 valence electrons. The van der Waals surface area contributed by atoms with Crippen molar-refractivity contribution in [2.45, 2.75) is 54.8 Å². The average molecular weight is 420 g/mol. The van der Waals surface area contributed by atoms with Crippen LogP contribution in [0.3, 0.4) is 0 Å². The number of amides is 1. The van der Waals surface area contributed by atoms with E-state index in [-0.39, 0.29) is 11.7 Å². The number of aryl methyl sites for hydroxylation is 2. The summed E-state index contributed by atoms with van der Waals surface area (Å²) < 4.78 is 0.843. The Bertz CT molecular complexity index is 846. The molecule has 0 bridgehead atoms. The molecule has 0 atom stereocenters. The van der Waals surface area contributed by atoms with Crippen LogP contribution in [0, 0.1) is 11.3 Å². The molecule has 27 heavy (non-hydrogen) atoms. The van der Waals surface area contributed by atoms with Gasteiger partial charge >= 0.3 is 0 Å². The minimum atomic E-state index is -0.165. The molecule has 0 aliphatic heterocycles. The maximum absolute atomic E-state index is 12.2. The number of rotatable bonds is 6. The van der Waals surface area contributed by atoms with Crippen molar-refractivity contribution < 1.29 is 4.79 Å². The van der Waals surface area contributed by atoms with Gasteiger partial charge in [0.1, 0.15) is 11.1 Å². The normalized spacial score (nSPS) is 13.9. The highest BCUT2D eigenvalue weighted by Crippen LogP contribution is 2.28. The van der Waals surface area contributed by atoms with Gasteiger partial charge < -0.3 is 0 Å². The molecule has 6 nitrogen and oxygen atoms in total. The van der Waals surface area contributed by atoms with Crippen molar-refractivity contribution in [3.8, 4) is 6.07 Å². The van der Waals surface area contributed by atoms with Crippen molar-refractivity contribution in [3.63, 3.8) is 0 Å². The maximum atomic E-state index is 12.2. The minimum Gasteiger partial charge on any atom is -0.300 e. The predicted molar refractivity (Wildman–Crippen MR) is 110 cm³/mol. The highest BCUT2D eigenvalue weighted by atomic mass is 32.2. The monoisotopic (exact) mass is 419 g/mol. The van der Waals surface area contributed by atoms with Crippen LogP contribution >= 0.6 is 34.9 Å². The number of carbonyl (C=O) groups is 1. The molecule has 0 spiro atoms. The molecular formula is C18H21N5OS3. The third-order valence-corrected chi connectivity index (χ3v) is 6.99. The second-order valence-electron chi connectivity index (χ2n) is 6.12. The first-order valence-corrected chi connectivity index (χ1v) is 11.8. The van der Waals surface area contributed by atoms with Gasteiger partial charge in [0.05, 0.1) is 11.3 Å². The highest BCUT2D eigenvalue weighted by molar-refractivity contribution is 8.01. The summed E-state index contributed by atoms with van der Waals surface area (Å²) in [4.78, 5) is 17.0. The van der Waals surface area contributed by atoms with E-state index in [1.165, 1.54) is 41.5 Å². The number of fused-ring (bicyclic) bond motifs is 1. The molecule has 0 saturated heterocycles. The van der Waals surface area contributed by atoms with Crippen LogP contribution in [-0.2, 0) is 17.6 Å². The Kier molecular flexibility index (Phi) is 7.50. The van der Waals surface area contributed by atoms with E-state index in [0.29, 0.717) is 15.7 Å². The Balaban J connectivity index is 1.64. The zero-order valence-corrected chi connectivity index (χ0v) is 17.6. The van der Waals surface area contributed by atoms with E-state index in [4.69, 9.17) is 4.98 Å². The summed E-state index contributed by atoms with van der Waals surface area (Å²) in [5.74, 6) is 0.942. The van der Waals surface area contributed by atoms with Crippen molar-refractivity contribution in [1.82, 2.24) is 15.2 Å². The number of hydrogen-bond acceptors (Lipinski definition) is 8. The van der Waals surface area contributed by atoms with Crippen LogP contribution in [-0.4, -0.2) is 32.6 Å². The number of carbonyl (C=O) groups excluding carboxylic acids is 1. The number of aromatic nitrogens is 3. The molecule has 1 aliphatic carbocycles. The molecule has 1 amide bonds. The Morgan fingerprint density at radius 1 is 1.26 bits per heavy atom. The lowest BCUT2D eigenvalue weighted by molar-refractivity contribution is -0.113. The molecule has 2 aromatic rings. The first-order chi connectivity index (χ1) is 13.2. The van der Waals surface area contributed by atoms with Crippen LogP contribution in [0.2, 0.25) is 0 Å². The summed E-state index contributed by atoms with van der Waals surface area (Å²) >= 11 is 4.27. The largest absolute Gasteiger partial charge is 0.300 e. The van der Waals surface area contributed by atoms with Gasteiger partial charge in [0.15, 0.2) is 4.34 Å². The minimum absolute atomic E-state index is 0.165. The van der Waals surface area contributed by atoms with Gasteiger partial charge in [-0.2, -0.15) is 5.26 Å². The molecule has 1 N–H and O–H groups in total. The Hall–Kier alpha value is -1.63. The van der Waals surface area contributed by atoms with Crippen LogP contribution in [0.4, 0.5) is 5.13 Å². The van der Waals surface area contributed by atoms with Gasteiger partial charge in [-0.3, -0.25) is 10.1 Å². The number of pyridine rings is 1. The second-order valence-corrected chi connectivity index (χ2v) is 9.57. The number of nitriles is 1.